The molecule has 3 aromatic rings. The summed E-state index contributed by atoms with van der Waals surface area (Å²) in [6.07, 6.45) is 1.29. The molecule has 10 heteroatoms. The smallest absolute Gasteiger partial charge is 0.244 e. The number of carbonyl (C=O) groups excluding carboxylic acids is 2. The Kier molecular flexibility index (Phi) is 9.72. The number of benzene rings is 3. The predicted octanol–water partition coefficient (Wildman–Crippen LogP) is 2.86. The number of methoxy groups -OCH3 is 2. The number of nitrogens with one attached hydrogen (secondary N) is 1. The van der Waals surface area contributed by atoms with Crippen LogP contribution in [0.4, 0.5) is 5.69 Å². The van der Waals surface area contributed by atoms with Crippen molar-refractivity contribution in [2.75, 3.05) is 38.4 Å². The Morgan fingerprint density at radius 3 is 2.08 bits per heavy atom. The summed E-state index contributed by atoms with van der Waals surface area (Å²) in [5.41, 5.74) is 1.90. The van der Waals surface area contributed by atoms with E-state index < -0.39 is 28.5 Å². The van der Waals surface area contributed by atoms with Crippen molar-refractivity contribution in [3.63, 3.8) is 0 Å². The summed E-state index contributed by atoms with van der Waals surface area (Å²) < 4.78 is 37.1. The first-order valence-electron chi connectivity index (χ1n) is 12.0. The lowest BCUT2D eigenvalue weighted by Gasteiger charge is -2.33. The van der Waals surface area contributed by atoms with E-state index in [-0.39, 0.29) is 18.9 Å². The van der Waals surface area contributed by atoms with Crippen LogP contribution < -0.4 is 19.1 Å². The fourth-order valence-corrected chi connectivity index (χ4v) is 4.90. The van der Waals surface area contributed by atoms with Crippen LogP contribution in [0.2, 0.25) is 0 Å². The van der Waals surface area contributed by atoms with Gasteiger partial charge < -0.3 is 19.7 Å². The van der Waals surface area contributed by atoms with E-state index in [9.17, 15) is 18.0 Å². The minimum atomic E-state index is -3.84. The normalized spacial score (nSPS) is 11.8. The lowest BCUT2D eigenvalue weighted by Crippen LogP contribution is -2.52. The molecule has 2 amide bonds. The summed E-state index contributed by atoms with van der Waals surface area (Å²) in [4.78, 5) is 28.4. The molecule has 0 bridgehead atoms. The summed E-state index contributed by atoms with van der Waals surface area (Å²) in [5.74, 6) is 0.264. The lowest BCUT2D eigenvalue weighted by atomic mass is 10.0. The van der Waals surface area contributed by atoms with Crippen molar-refractivity contribution in [2.45, 2.75) is 19.0 Å². The van der Waals surface area contributed by atoms with Crippen molar-refractivity contribution in [2.24, 2.45) is 0 Å². The number of sulfonamides is 1. The predicted molar refractivity (Wildman–Crippen MR) is 147 cm³/mol. The highest BCUT2D eigenvalue weighted by molar-refractivity contribution is 7.92. The van der Waals surface area contributed by atoms with E-state index >= 15 is 0 Å². The maximum absolute atomic E-state index is 13.9. The zero-order chi connectivity index (χ0) is 27.7. The minimum absolute atomic E-state index is 0.0706. The van der Waals surface area contributed by atoms with Gasteiger partial charge in [-0.1, -0.05) is 42.5 Å². The van der Waals surface area contributed by atoms with Gasteiger partial charge in [-0.05, 0) is 47.5 Å². The van der Waals surface area contributed by atoms with Crippen LogP contribution in [0.25, 0.3) is 0 Å². The van der Waals surface area contributed by atoms with Gasteiger partial charge in [-0.3, -0.25) is 13.9 Å². The van der Waals surface area contributed by atoms with Crippen LogP contribution >= 0.6 is 0 Å². The number of likely N-dealkylation sites (N-methyl/N-ethyl adjacent to an activating group) is 1. The molecular weight excluding hydrogens is 506 g/mol. The molecule has 0 spiro atoms. The van der Waals surface area contributed by atoms with Crippen LogP contribution in [0.15, 0.2) is 78.9 Å². The first-order chi connectivity index (χ1) is 18.2. The fourth-order valence-electron chi connectivity index (χ4n) is 4.05. The zero-order valence-electron chi connectivity index (χ0n) is 22.0. The molecule has 202 valence electrons. The molecule has 3 rings (SSSR count). The first-order valence-corrected chi connectivity index (χ1v) is 13.8. The highest BCUT2D eigenvalue weighted by atomic mass is 32.2. The highest BCUT2D eigenvalue weighted by Gasteiger charge is 2.32. The van der Waals surface area contributed by atoms with Gasteiger partial charge >= 0.3 is 0 Å². The molecule has 1 atom stereocenters. The van der Waals surface area contributed by atoms with Gasteiger partial charge in [0.25, 0.3) is 0 Å². The van der Waals surface area contributed by atoms with Gasteiger partial charge in [0.15, 0.2) is 0 Å². The number of carbonyl (C=O) groups is 2. The van der Waals surface area contributed by atoms with E-state index in [1.54, 1.807) is 49.6 Å². The molecule has 0 saturated carbocycles. The minimum Gasteiger partial charge on any atom is -0.497 e. The van der Waals surface area contributed by atoms with Gasteiger partial charge in [-0.2, -0.15) is 0 Å². The largest absolute Gasteiger partial charge is 0.497 e. The van der Waals surface area contributed by atoms with Gasteiger partial charge in [0.1, 0.15) is 24.1 Å². The van der Waals surface area contributed by atoms with E-state index in [1.165, 1.54) is 19.1 Å². The quantitative estimate of drug-likeness (QED) is 0.380. The summed E-state index contributed by atoms with van der Waals surface area (Å²) in [6, 6.07) is 22.0. The highest BCUT2D eigenvalue weighted by Crippen LogP contribution is 2.23. The van der Waals surface area contributed by atoms with Crippen LogP contribution in [0, 0.1) is 0 Å². The Morgan fingerprint density at radius 2 is 1.50 bits per heavy atom. The Hall–Kier alpha value is -4.05. The van der Waals surface area contributed by atoms with Gasteiger partial charge in [-0.25, -0.2) is 8.42 Å². The molecule has 3 aromatic carbocycles. The molecule has 0 aliphatic heterocycles. The van der Waals surface area contributed by atoms with Crippen LogP contribution in [-0.2, 0) is 32.6 Å². The molecule has 0 saturated heterocycles. The Balaban J connectivity index is 2.02. The number of nitrogens with zero attached hydrogens (tertiary/aromatic N) is 2. The molecule has 0 radical (unpaired) electrons. The maximum atomic E-state index is 13.9. The fraction of sp³-hybridized carbons (Fsp3) is 0.286. The number of rotatable bonds is 12. The van der Waals surface area contributed by atoms with Crippen molar-refractivity contribution < 1.29 is 27.5 Å². The molecule has 0 heterocycles. The Bertz CT molecular complexity index is 1330. The topological polar surface area (TPSA) is 105 Å². The second kappa shape index (κ2) is 13.0. The van der Waals surface area contributed by atoms with Gasteiger partial charge in [0, 0.05) is 20.0 Å². The van der Waals surface area contributed by atoms with Gasteiger partial charge in [0.2, 0.25) is 21.8 Å². The van der Waals surface area contributed by atoms with E-state index in [1.807, 2.05) is 36.4 Å². The Morgan fingerprint density at radius 1 is 0.868 bits per heavy atom. The van der Waals surface area contributed by atoms with E-state index in [0.717, 1.165) is 21.7 Å². The van der Waals surface area contributed by atoms with Crippen LogP contribution in [0.5, 0.6) is 11.5 Å². The summed E-state index contributed by atoms with van der Waals surface area (Å²) in [5, 5.41) is 2.65. The van der Waals surface area contributed by atoms with Crippen LogP contribution in [0.1, 0.15) is 11.1 Å². The second-order valence-electron chi connectivity index (χ2n) is 8.66. The molecule has 0 aliphatic carbocycles. The average Bonchev–Trinajstić information content (AvgIpc) is 2.93. The summed E-state index contributed by atoms with van der Waals surface area (Å²) >= 11 is 0. The van der Waals surface area contributed by atoms with E-state index in [4.69, 9.17) is 9.47 Å². The van der Waals surface area contributed by atoms with Gasteiger partial charge in [0.05, 0.1) is 26.2 Å². The van der Waals surface area contributed by atoms with Crippen molar-refractivity contribution in [3.05, 3.63) is 90.0 Å². The maximum Gasteiger partial charge on any atom is 0.244 e. The van der Waals surface area contributed by atoms with E-state index in [2.05, 4.69) is 5.32 Å². The van der Waals surface area contributed by atoms with Crippen molar-refractivity contribution in [1.82, 2.24) is 10.2 Å². The standard InChI is InChI=1S/C28H33N3O6S/c1-29-28(33)26(18-21-9-6-5-7-10-21)30(19-22-11-8-12-25(17-22)37-3)27(32)20-31(38(4,34)35)23-13-15-24(36-2)16-14-23/h5-17,26H,18-20H2,1-4H3,(H,29,33)/t26-/m0/s1. The Labute approximate surface area is 224 Å². The first kappa shape index (κ1) is 28.5. The molecule has 0 aliphatic rings. The molecular formula is C28H33N3O6S. The average molecular weight is 540 g/mol. The molecule has 9 nitrogen and oxygen atoms in total. The molecule has 0 aromatic heterocycles. The van der Waals surface area contributed by atoms with Gasteiger partial charge in [-0.15, -0.1) is 0 Å². The number of hydrogen-bond acceptors (Lipinski definition) is 6. The number of amides is 2. The number of ether oxygens (including phenoxy) is 2. The number of hydrogen-bond donors (Lipinski definition) is 1. The molecule has 0 fully saturated rings. The third-order valence-corrected chi connectivity index (χ3v) is 7.18. The second-order valence-corrected chi connectivity index (χ2v) is 10.6. The van der Waals surface area contributed by atoms with E-state index in [0.29, 0.717) is 17.2 Å². The SMILES string of the molecule is CNC(=O)[C@H](Cc1ccccc1)N(Cc1cccc(OC)c1)C(=O)CN(c1ccc(OC)cc1)S(C)(=O)=O. The summed E-state index contributed by atoms with van der Waals surface area (Å²) in [7, 11) is 0.727. The monoisotopic (exact) mass is 539 g/mol. The third-order valence-electron chi connectivity index (χ3n) is 6.04. The van der Waals surface area contributed by atoms with Crippen LogP contribution in [-0.4, -0.2) is 65.2 Å². The number of anilines is 1. The van der Waals surface area contributed by atoms with Crippen molar-refractivity contribution >= 4 is 27.5 Å². The third kappa shape index (κ3) is 7.48. The summed E-state index contributed by atoms with van der Waals surface area (Å²) in [6.45, 7) is -0.418. The molecule has 0 unspecified atom stereocenters. The molecule has 1 N–H and O–H groups in total. The van der Waals surface area contributed by atoms with Crippen molar-refractivity contribution in [3.8, 4) is 11.5 Å². The van der Waals surface area contributed by atoms with Crippen molar-refractivity contribution in [1.29, 1.82) is 0 Å². The van der Waals surface area contributed by atoms with Crippen LogP contribution in [0.3, 0.4) is 0 Å². The lowest BCUT2D eigenvalue weighted by molar-refractivity contribution is -0.139. The zero-order valence-corrected chi connectivity index (χ0v) is 22.8. The molecule has 38 heavy (non-hydrogen) atoms.